The molecule has 0 aliphatic rings. The van der Waals surface area contributed by atoms with Gasteiger partial charge >= 0.3 is 0 Å². The smallest absolute Gasteiger partial charge is 0.165 e. The molecular formula is C9H22S3Si. The third kappa shape index (κ3) is 5.65. The van der Waals surface area contributed by atoms with Gasteiger partial charge in [-0.05, 0) is 24.8 Å². The Kier molecular flexibility index (Phi) is 9.40. The molecule has 0 aromatic rings. The maximum Gasteiger partial charge on any atom is 0.236 e. The molecule has 0 fully saturated rings. The molecular weight excluding hydrogens is 232 g/mol. The van der Waals surface area contributed by atoms with E-state index in [1.807, 2.05) is 0 Å². The van der Waals surface area contributed by atoms with E-state index in [1.165, 1.54) is 31.7 Å². The van der Waals surface area contributed by atoms with Crippen LogP contribution in [0.5, 0.6) is 0 Å². The first-order valence-electron chi connectivity index (χ1n) is 4.90. The van der Waals surface area contributed by atoms with Gasteiger partial charge in [-0.2, -0.15) is 33.6 Å². The molecule has 0 N–H and O–H groups in total. The van der Waals surface area contributed by atoms with Crippen molar-refractivity contribution < 1.29 is 0 Å². The Morgan fingerprint density at radius 3 is 1.77 bits per heavy atom. The van der Waals surface area contributed by atoms with Crippen molar-refractivity contribution in [2.45, 2.75) is 38.7 Å². The molecule has 0 aliphatic heterocycles. The Labute approximate surface area is 96.3 Å². The SMILES string of the molecule is CCCCCC[Si](SC)(SC)SC. The lowest BCUT2D eigenvalue weighted by Crippen LogP contribution is -2.20. The molecule has 4 heteroatoms. The second-order valence-corrected chi connectivity index (χ2v) is 18.5. The van der Waals surface area contributed by atoms with Crippen LogP contribution in [0.25, 0.3) is 0 Å². The van der Waals surface area contributed by atoms with Crippen LogP contribution in [-0.4, -0.2) is 24.3 Å². The molecule has 0 aliphatic carbocycles. The first kappa shape index (κ1) is 14.3. The summed E-state index contributed by atoms with van der Waals surface area (Å²) in [5.74, 6) is 0. The predicted molar refractivity (Wildman–Crippen MR) is 75.2 cm³/mol. The van der Waals surface area contributed by atoms with Crippen molar-refractivity contribution in [1.29, 1.82) is 0 Å². The minimum absolute atomic E-state index is 1.02. The van der Waals surface area contributed by atoms with Crippen LogP contribution in [-0.2, 0) is 0 Å². The van der Waals surface area contributed by atoms with E-state index in [9.17, 15) is 0 Å². The maximum atomic E-state index is 2.29. The summed E-state index contributed by atoms with van der Waals surface area (Å²) in [6.45, 7) is 2.28. The van der Waals surface area contributed by atoms with Gasteiger partial charge in [0, 0.05) is 0 Å². The Bertz CT molecular complexity index is 107. The van der Waals surface area contributed by atoms with Crippen molar-refractivity contribution in [3.05, 3.63) is 0 Å². The highest BCUT2D eigenvalue weighted by Gasteiger charge is 2.29. The standard InChI is InChI=1S/C9H22S3Si/c1-5-6-7-8-9-13(10-2,11-3)12-4/h5-9H2,1-4H3. The van der Waals surface area contributed by atoms with Crippen molar-refractivity contribution in [3.8, 4) is 0 Å². The molecule has 0 aromatic heterocycles. The van der Waals surface area contributed by atoms with Gasteiger partial charge in [-0.1, -0.05) is 32.6 Å². The van der Waals surface area contributed by atoms with E-state index in [0.717, 1.165) is 0 Å². The lowest BCUT2D eigenvalue weighted by Gasteiger charge is -2.24. The number of rotatable bonds is 8. The average molecular weight is 255 g/mol. The molecule has 0 saturated carbocycles. The van der Waals surface area contributed by atoms with E-state index in [0.29, 0.717) is 0 Å². The highest BCUT2D eigenvalue weighted by atomic mass is 32.8. The van der Waals surface area contributed by atoms with Gasteiger partial charge < -0.3 is 0 Å². The van der Waals surface area contributed by atoms with Crippen molar-refractivity contribution >= 4 is 39.2 Å². The molecule has 0 aromatic carbocycles. The normalized spacial score (nSPS) is 12.0. The summed E-state index contributed by atoms with van der Waals surface area (Å²) in [7, 11) is 0. The van der Waals surface area contributed by atoms with Gasteiger partial charge in [-0.25, -0.2) is 0 Å². The zero-order valence-corrected chi connectivity index (χ0v) is 12.7. The van der Waals surface area contributed by atoms with Gasteiger partial charge in [0.2, 0.25) is 5.52 Å². The van der Waals surface area contributed by atoms with E-state index in [4.69, 9.17) is 0 Å². The highest BCUT2D eigenvalue weighted by Crippen LogP contribution is 2.42. The summed E-state index contributed by atoms with van der Waals surface area (Å²) in [6, 6.07) is 1.48. The van der Waals surface area contributed by atoms with Crippen molar-refractivity contribution in [3.63, 3.8) is 0 Å². The molecule has 0 spiro atoms. The van der Waals surface area contributed by atoms with Crippen molar-refractivity contribution in [2.75, 3.05) is 18.8 Å². The molecule has 0 unspecified atom stereocenters. The second kappa shape index (κ2) is 8.57. The van der Waals surface area contributed by atoms with Crippen LogP contribution < -0.4 is 0 Å². The zero-order chi connectivity index (χ0) is 10.2. The second-order valence-electron chi connectivity index (χ2n) is 3.11. The summed E-state index contributed by atoms with van der Waals surface area (Å²) >= 11 is 6.42. The maximum absolute atomic E-state index is 2.29. The largest absolute Gasteiger partial charge is 0.236 e. The van der Waals surface area contributed by atoms with Crippen LogP contribution in [0.1, 0.15) is 32.6 Å². The fourth-order valence-corrected chi connectivity index (χ4v) is 12.3. The van der Waals surface area contributed by atoms with Crippen LogP contribution in [0.15, 0.2) is 0 Å². The van der Waals surface area contributed by atoms with Gasteiger partial charge in [-0.15, -0.1) is 0 Å². The van der Waals surface area contributed by atoms with Gasteiger partial charge in [0.15, 0.2) is 0 Å². The van der Waals surface area contributed by atoms with E-state index in [1.54, 1.807) is 0 Å². The van der Waals surface area contributed by atoms with Crippen LogP contribution in [0.3, 0.4) is 0 Å². The van der Waals surface area contributed by atoms with Crippen LogP contribution in [0.2, 0.25) is 6.04 Å². The van der Waals surface area contributed by atoms with Crippen molar-refractivity contribution in [2.24, 2.45) is 0 Å². The summed E-state index contributed by atoms with van der Waals surface area (Å²) in [4.78, 5) is 0. The van der Waals surface area contributed by atoms with E-state index in [2.05, 4.69) is 59.3 Å². The monoisotopic (exact) mass is 254 g/mol. The Hall–Kier alpha value is 1.27. The fourth-order valence-electron chi connectivity index (χ4n) is 1.32. The van der Waals surface area contributed by atoms with E-state index < -0.39 is 5.52 Å². The van der Waals surface area contributed by atoms with E-state index >= 15 is 0 Å². The molecule has 0 radical (unpaired) electrons. The summed E-state index contributed by atoms with van der Waals surface area (Å²) in [5.41, 5.74) is -1.02. The molecule has 0 amide bonds. The van der Waals surface area contributed by atoms with Crippen molar-refractivity contribution in [1.82, 2.24) is 0 Å². The zero-order valence-electron chi connectivity index (χ0n) is 9.26. The van der Waals surface area contributed by atoms with Crippen LogP contribution in [0, 0.1) is 0 Å². The molecule has 80 valence electrons. The summed E-state index contributed by atoms with van der Waals surface area (Å²) < 4.78 is 0. The van der Waals surface area contributed by atoms with Gasteiger partial charge in [0.1, 0.15) is 0 Å². The quantitative estimate of drug-likeness (QED) is 0.459. The number of hydrogen-bond donors (Lipinski definition) is 0. The topological polar surface area (TPSA) is 0 Å². The Morgan fingerprint density at radius 1 is 0.846 bits per heavy atom. The minimum atomic E-state index is -1.02. The lowest BCUT2D eigenvalue weighted by atomic mass is 10.2. The molecule has 0 rings (SSSR count). The number of unbranched alkanes of at least 4 members (excludes halogenated alkanes) is 3. The van der Waals surface area contributed by atoms with Gasteiger partial charge in [0.25, 0.3) is 0 Å². The molecule has 0 heterocycles. The molecule has 0 nitrogen and oxygen atoms in total. The predicted octanol–water partition coefficient (Wildman–Crippen LogP) is 4.59. The van der Waals surface area contributed by atoms with Gasteiger partial charge in [-0.3, -0.25) is 0 Å². The Morgan fingerprint density at radius 2 is 1.38 bits per heavy atom. The minimum Gasteiger partial charge on any atom is -0.165 e. The third-order valence-corrected chi connectivity index (χ3v) is 21.5. The summed E-state index contributed by atoms with van der Waals surface area (Å²) in [6.07, 6.45) is 12.5. The number of hydrogen-bond acceptors (Lipinski definition) is 3. The van der Waals surface area contributed by atoms with E-state index in [-0.39, 0.29) is 0 Å². The summed E-state index contributed by atoms with van der Waals surface area (Å²) in [5, 5.41) is 0. The molecule has 0 atom stereocenters. The average Bonchev–Trinajstić information content (AvgIpc) is 2.20. The lowest BCUT2D eigenvalue weighted by molar-refractivity contribution is 0.700. The fraction of sp³-hybridized carbons (Fsp3) is 1.00. The highest BCUT2D eigenvalue weighted by molar-refractivity contribution is 8.80. The molecule has 0 bridgehead atoms. The molecule has 13 heavy (non-hydrogen) atoms. The third-order valence-electron chi connectivity index (χ3n) is 2.27. The molecule has 0 saturated heterocycles. The van der Waals surface area contributed by atoms with Gasteiger partial charge in [0.05, 0.1) is 0 Å². The first-order chi connectivity index (χ1) is 6.24. The first-order valence-corrected chi connectivity index (χ1v) is 13.0. The van der Waals surface area contributed by atoms with Crippen LogP contribution in [0.4, 0.5) is 0 Å². The Balaban J connectivity index is 3.68. The van der Waals surface area contributed by atoms with Crippen LogP contribution >= 0.6 is 33.6 Å².